The van der Waals surface area contributed by atoms with E-state index in [-0.39, 0.29) is 35.0 Å². The van der Waals surface area contributed by atoms with Crippen LogP contribution in [-0.4, -0.2) is 21.1 Å². The molecule has 0 bridgehead atoms. The molecule has 0 aromatic heterocycles. The van der Waals surface area contributed by atoms with Gasteiger partial charge in [-0.25, -0.2) is 0 Å². The second-order valence-corrected chi connectivity index (χ2v) is 6.88. The first-order valence-corrected chi connectivity index (χ1v) is 10.3. The molecule has 0 saturated carbocycles. The molecule has 154 valence electrons. The minimum atomic E-state index is -0.374. The highest BCUT2D eigenvalue weighted by Gasteiger charge is 2.17. The van der Waals surface area contributed by atoms with E-state index in [1.165, 1.54) is 0 Å². The summed E-state index contributed by atoms with van der Waals surface area (Å²) in [6.07, 6.45) is 22.6. The number of phenolic OH excluding ortho intramolecular Hbond substituents is 3. The molecule has 0 atom stereocenters. The average Bonchev–Trinajstić information content (AvgIpc) is 2.64. The largest absolute Gasteiger partial charge is 0.508 e. The SMILES string of the molecule is CC/C=C\C/C=C\C/C=C\CCCCCCCC(=O)c1c(O)cc(O)cc1O. The number of hydrogen-bond donors (Lipinski definition) is 3. The Morgan fingerprint density at radius 3 is 1.96 bits per heavy atom. The van der Waals surface area contributed by atoms with Crippen molar-refractivity contribution in [3.63, 3.8) is 0 Å². The number of aromatic hydroxyl groups is 3. The Kier molecular flexibility index (Phi) is 12.2. The van der Waals surface area contributed by atoms with Crippen LogP contribution in [0, 0.1) is 0 Å². The number of allylic oxidation sites excluding steroid dienone is 6. The summed E-state index contributed by atoms with van der Waals surface area (Å²) in [6.45, 7) is 2.14. The summed E-state index contributed by atoms with van der Waals surface area (Å²) in [6, 6.07) is 2.14. The molecule has 0 fully saturated rings. The zero-order valence-electron chi connectivity index (χ0n) is 16.9. The number of rotatable bonds is 14. The summed E-state index contributed by atoms with van der Waals surface area (Å²) in [5.41, 5.74) is -0.0987. The van der Waals surface area contributed by atoms with E-state index in [1.807, 2.05) is 0 Å². The standard InChI is InChI=1S/C24H34O4/c1-2-3-4-5-6-7-8-9-10-11-12-13-14-15-16-17-21(26)24-22(27)18-20(25)19-23(24)28/h3-4,6-7,9-10,18-19,25,27-28H,2,5,8,11-17H2,1H3/b4-3-,7-6-,10-9-. The highest BCUT2D eigenvalue weighted by Crippen LogP contribution is 2.33. The molecule has 0 spiro atoms. The molecule has 0 amide bonds. The third-order valence-corrected chi connectivity index (χ3v) is 4.41. The fraction of sp³-hybridized carbons (Fsp3) is 0.458. The van der Waals surface area contributed by atoms with E-state index >= 15 is 0 Å². The molecule has 0 aliphatic carbocycles. The van der Waals surface area contributed by atoms with Crippen molar-refractivity contribution in [2.24, 2.45) is 0 Å². The molecule has 1 aromatic carbocycles. The maximum Gasteiger partial charge on any atom is 0.170 e. The Morgan fingerprint density at radius 1 is 0.786 bits per heavy atom. The van der Waals surface area contributed by atoms with Crippen LogP contribution in [0.25, 0.3) is 0 Å². The quantitative estimate of drug-likeness (QED) is 0.192. The van der Waals surface area contributed by atoms with Gasteiger partial charge in [-0.3, -0.25) is 4.79 Å². The summed E-state index contributed by atoms with van der Waals surface area (Å²) in [5.74, 6) is -1.31. The van der Waals surface area contributed by atoms with Gasteiger partial charge in [0.05, 0.1) is 0 Å². The molecule has 0 saturated heterocycles. The van der Waals surface area contributed by atoms with Crippen LogP contribution in [0.15, 0.2) is 48.6 Å². The molecule has 3 N–H and O–H groups in total. The highest BCUT2D eigenvalue weighted by atomic mass is 16.3. The molecule has 0 unspecified atom stereocenters. The Balaban J connectivity index is 2.07. The maximum atomic E-state index is 12.1. The van der Waals surface area contributed by atoms with Crippen molar-refractivity contribution in [1.82, 2.24) is 0 Å². The van der Waals surface area contributed by atoms with Crippen LogP contribution < -0.4 is 0 Å². The van der Waals surface area contributed by atoms with Crippen LogP contribution in [0.1, 0.15) is 81.5 Å². The van der Waals surface area contributed by atoms with Gasteiger partial charge < -0.3 is 15.3 Å². The Hall–Kier alpha value is -2.49. The average molecular weight is 387 g/mol. The number of phenols is 3. The number of carbonyl (C=O) groups is 1. The lowest BCUT2D eigenvalue weighted by Gasteiger charge is -2.07. The van der Waals surface area contributed by atoms with Crippen molar-refractivity contribution in [3.05, 3.63) is 54.2 Å². The maximum absolute atomic E-state index is 12.1. The summed E-state index contributed by atoms with van der Waals surface area (Å²) < 4.78 is 0. The molecule has 0 radical (unpaired) electrons. The van der Waals surface area contributed by atoms with Gasteiger partial charge in [0, 0.05) is 18.6 Å². The van der Waals surface area contributed by atoms with E-state index in [2.05, 4.69) is 43.4 Å². The zero-order chi connectivity index (χ0) is 20.6. The molecule has 0 aliphatic rings. The van der Waals surface area contributed by atoms with Gasteiger partial charge in [-0.15, -0.1) is 0 Å². The number of Topliss-reactive ketones (excluding diaryl/α,β-unsaturated/α-hetero) is 1. The van der Waals surface area contributed by atoms with Crippen molar-refractivity contribution in [3.8, 4) is 17.2 Å². The summed E-state index contributed by atoms with van der Waals surface area (Å²) in [5, 5.41) is 28.7. The molecule has 0 aliphatic heterocycles. The predicted octanol–water partition coefficient (Wildman–Crippen LogP) is 6.58. The van der Waals surface area contributed by atoms with Crippen LogP contribution in [0.3, 0.4) is 0 Å². The Morgan fingerprint density at radius 2 is 1.32 bits per heavy atom. The smallest absolute Gasteiger partial charge is 0.170 e. The number of carbonyl (C=O) groups excluding carboxylic acids is 1. The lowest BCUT2D eigenvalue weighted by atomic mass is 10.0. The van der Waals surface area contributed by atoms with Gasteiger partial charge in [-0.1, -0.05) is 62.6 Å². The summed E-state index contributed by atoms with van der Waals surface area (Å²) in [7, 11) is 0. The molecule has 4 heteroatoms. The van der Waals surface area contributed by atoms with Crippen LogP contribution in [0.5, 0.6) is 17.2 Å². The van der Waals surface area contributed by atoms with Gasteiger partial charge in [0.15, 0.2) is 5.78 Å². The van der Waals surface area contributed by atoms with Crippen LogP contribution in [0.2, 0.25) is 0 Å². The normalized spacial score (nSPS) is 11.9. The molecular weight excluding hydrogens is 352 g/mol. The van der Waals surface area contributed by atoms with Crippen LogP contribution in [-0.2, 0) is 0 Å². The second kappa shape index (κ2) is 14.6. The van der Waals surface area contributed by atoms with Crippen LogP contribution >= 0.6 is 0 Å². The Labute approximate surface area is 168 Å². The van der Waals surface area contributed by atoms with Gasteiger partial charge in [-0.05, 0) is 38.5 Å². The highest BCUT2D eigenvalue weighted by molar-refractivity contribution is 6.01. The lowest BCUT2D eigenvalue weighted by Crippen LogP contribution is -2.00. The third-order valence-electron chi connectivity index (χ3n) is 4.41. The topological polar surface area (TPSA) is 77.8 Å². The van der Waals surface area contributed by atoms with Crippen molar-refractivity contribution >= 4 is 5.78 Å². The monoisotopic (exact) mass is 386 g/mol. The Bertz CT molecular complexity index is 648. The fourth-order valence-corrected chi connectivity index (χ4v) is 2.91. The zero-order valence-corrected chi connectivity index (χ0v) is 16.9. The van der Waals surface area contributed by atoms with Crippen LogP contribution in [0.4, 0.5) is 0 Å². The molecular formula is C24H34O4. The number of benzene rings is 1. The molecule has 4 nitrogen and oxygen atoms in total. The molecule has 1 aromatic rings. The van der Waals surface area contributed by atoms with E-state index in [0.29, 0.717) is 0 Å². The number of ketones is 1. The first-order valence-electron chi connectivity index (χ1n) is 10.3. The van der Waals surface area contributed by atoms with Gasteiger partial charge in [0.25, 0.3) is 0 Å². The van der Waals surface area contributed by atoms with Gasteiger partial charge in [0.1, 0.15) is 22.8 Å². The molecule has 0 heterocycles. The first-order chi connectivity index (χ1) is 13.6. The minimum Gasteiger partial charge on any atom is -0.508 e. The van der Waals surface area contributed by atoms with E-state index < -0.39 is 0 Å². The minimum absolute atomic E-state index is 0.0987. The van der Waals surface area contributed by atoms with Gasteiger partial charge in [-0.2, -0.15) is 0 Å². The van der Waals surface area contributed by atoms with E-state index in [1.54, 1.807) is 0 Å². The first kappa shape index (κ1) is 23.5. The van der Waals surface area contributed by atoms with Gasteiger partial charge >= 0.3 is 0 Å². The summed E-state index contributed by atoms with van der Waals surface area (Å²) in [4.78, 5) is 12.1. The number of hydrogen-bond acceptors (Lipinski definition) is 4. The third kappa shape index (κ3) is 10.0. The van der Waals surface area contributed by atoms with Crippen molar-refractivity contribution in [2.45, 2.75) is 71.1 Å². The molecule has 28 heavy (non-hydrogen) atoms. The van der Waals surface area contributed by atoms with E-state index in [0.717, 1.165) is 69.9 Å². The fourth-order valence-electron chi connectivity index (χ4n) is 2.91. The van der Waals surface area contributed by atoms with Crippen molar-refractivity contribution in [1.29, 1.82) is 0 Å². The van der Waals surface area contributed by atoms with E-state index in [4.69, 9.17) is 0 Å². The lowest BCUT2D eigenvalue weighted by molar-refractivity contribution is 0.0973. The van der Waals surface area contributed by atoms with Gasteiger partial charge in [0.2, 0.25) is 0 Å². The molecule has 1 rings (SSSR count). The van der Waals surface area contributed by atoms with Crippen molar-refractivity contribution in [2.75, 3.05) is 0 Å². The van der Waals surface area contributed by atoms with Crippen molar-refractivity contribution < 1.29 is 20.1 Å². The summed E-state index contributed by atoms with van der Waals surface area (Å²) >= 11 is 0. The predicted molar refractivity (Wildman–Crippen MR) is 115 cm³/mol. The number of unbranched alkanes of at least 4 members (excludes halogenated alkanes) is 5. The van der Waals surface area contributed by atoms with E-state index in [9.17, 15) is 20.1 Å². The second-order valence-electron chi connectivity index (χ2n) is 6.88.